The normalized spacial score (nSPS) is 16.1. The zero-order valence-corrected chi connectivity index (χ0v) is 31.3. The summed E-state index contributed by atoms with van der Waals surface area (Å²) in [4.78, 5) is 53.8. The predicted octanol–water partition coefficient (Wildman–Crippen LogP) is 6.21. The maximum atomic E-state index is 12.9. The van der Waals surface area contributed by atoms with Gasteiger partial charge < -0.3 is 14.2 Å². The van der Waals surface area contributed by atoms with Crippen molar-refractivity contribution in [2.24, 2.45) is 5.92 Å². The second-order valence-electron chi connectivity index (χ2n) is 13.6. The highest BCUT2D eigenvalue weighted by molar-refractivity contribution is 5.91. The van der Waals surface area contributed by atoms with E-state index >= 15 is 0 Å². The lowest BCUT2D eigenvalue weighted by Gasteiger charge is -2.50. The van der Waals surface area contributed by atoms with Crippen molar-refractivity contribution >= 4 is 34.8 Å². The Hall–Kier alpha value is -5.97. The Balaban J connectivity index is 1.48. The molecule has 0 aliphatic carbocycles. The molecule has 1 aliphatic rings. The molecule has 2 atom stereocenters. The fraction of sp³-hybridized carbons (Fsp3) is 0.357. The highest BCUT2D eigenvalue weighted by atomic mass is 16.6. The van der Waals surface area contributed by atoms with Crippen molar-refractivity contribution in [2.75, 3.05) is 31.6 Å². The first-order valence-corrected chi connectivity index (χ1v) is 18.5. The van der Waals surface area contributed by atoms with Crippen LogP contribution in [0.2, 0.25) is 0 Å². The van der Waals surface area contributed by atoms with Gasteiger partial charge in [0.05, 0.1) is 30.8 Å². The number of ether oxygens (including phenoxy) is 3. The number of carbonyl (C=O) groups excluding carboxylic acids is 3. The maximum absolute atomic E-state index is 12.9. The number of morpholine rings is 1. The van der Waals surface area contributed by atoms with Crippen molar-refractivity contribution in [2.45, 2.75) is 64.3 Å². The number of nitriles is 1. The molecule has 6 rings (SSSR count). The number of fused-ring (bicyclic) bond motifs is 1. The monoisotopic (exact) mass is 743 g/mol. The van der Waals surface area contributed by atoms with E-state index in [0.717, 1.165) is 16.7 Å². The summed E-state index contributed by atoms with van der Waals surface area (Å²) in [6, 6.07) is 32.8. The van der Waals surface area contributed by atoms with Crippen molar-refractivity contribution in [1.29, 1.82) is 5.26 Å². The molecule has 0 spiro atoms. The van der Waals surface area contributed by atoms with Crippen LogP contribution in [0.5, 0.6) is 5.88 Å². The van der Waals surface area contributed by atoms with Gasteiger partial charge in [-0.05, 0) is 16.7 Å². The Bertz CT molecular complexity index is 2020. The number of imidazole rings is 1. The van der Waals surface area contributed by atoms with Gasteiger partial charge in [-0.3, -0.25) is 29.2 Å². The Labute approximate surface area is 320 Å². The number of Topliss-reactive ketones (excluding diaryl/α,β-unsaturated/α-hetero) is 1. The molecule has 1 saturated heterocycles. The number of rotatable bonds is 16. The summed E-state index contributed by atoms with van der Waals surface area (Å²) in [5.41, 5.74) is 2.89. The van der Waals surface area contributed by atoms with E-state index in [0.29, 0.717) is 30.7 Å². The molecule has 0 radical (unpaired) electrons. The van der Waals surface area contributed by atoms with E-state index in [1.165, 1.54) is 0 Å². The average Bonchev–Trinajstić information content (AvgIpc) is 3.65. The van der Waals surface area contributed by atoms with Crippen LogP contribution in [-0.4, -0.2) is 74.5 Å². The number of nitrogens with zero attached hydrogens (tertiary/aromatic N) is 6. The van der Waals surface area contributed by atoms with Gasteiger partial charge in [-0.25, -0.2) is 4.98 Å². The van der Waals surface area contributed by atoms with Crippen LogP contribution < -0.4 is 10.1 Å². The number of nitrogens with one attached hydrogen (secondary N) is 1. The van der Waals surface area contributed by atoms with E-state index in [1.807, 2.05) is 54.6 Å². The molecule has 13 nitrogen and oxygen atoms in total. The summed E-state index contributed by atoms with van der Waals surface area (Å²) < 4.78 is 20.2. The SMILES string of the molecule is CCC(=O)CCC(=O)OC[C@@H]1CN(C(c2ccccc2)(c2ccccc2)c2ccccc2)C[C@H](n2cnc3c(OCCC#N)nc(NC(=O)C(C)C)nc32)O1. The molecule has 0 saturated carbocycles. The number of carbonyl (C=O) groups is 3. The molecule has 284 valence electrons. The second kappa shape index (κ2) is 17.9. The number of hydrogen-bond acceptors (Lipinski definition) is 11. The molecule has 1 amide bonds. The molecule has 13 heteroatoms. The molecule has 5 aromatic rings. The third-order valence-electron chi connectivity index (χ3n) is 9.54. The third-order valence-corrected chi connectivity index (χ3v) is 9.54. The van der Waals surface area contributed by atoms with Gasteiger partial charge in [0.25, 0.3) is 0 Å². The van der Waals surface area contributed by atoms with Crippen molar-refractivity contribution in [3.63, 3.8) is 0 Å². The van der Waals surface area contributed by atoms with Gasteiger partial charge in [0.1, 0.15) is 31.3 Å². The standard InChI is InChI=1S/C42H45N7O6/c1-4-33(50)21-22-36(51)54-27-34-25-48(42(30-15-8-5-9-16-30,31-17-10-6-11-18-31)32-19-12-7-13-20-32)26-35(55-34)49-28-44-37-38(49)45-41(46-39(52)29(2)3)47-40(37)53-24-14-23-43/h5-13,15-20,28-29,34-35H,4,14,21-22,24-27H2,1-3H3,(H,45,46,47,52)/t34-,35+/m0/s1. The Morgan fingerprint density at radius 3 is 2.11 bits per heavy atom. The smallest absolute Gasteiger partial charge is 0.306 e. The summed E-state index contributed by atoms with van der Waals surface area (Å²) in [6.45, 7) is 5.97. The number of ketones is 1. The van der Waals surface area contributed by atoms with E-state index in [2.05, 4.69) is 62.7 Å². The highest BCUT2D eigenvalue weighted by Gasteiger charge is 2.47. The first-order chi connectivity index (χ1) is 26.7. The second-order valence-corrected chi connectivity index (χ2v) is 13.6. The summed E-state index contributed by atoms with van der Waals surface area (Å²) in [6.07, 6.45) is 0.788. The van der Waals surface area contributed by atoms with E-state index in [-0.39, 0.29) is 61.9 Å². The van der Waals surface area contributed by atoms with Crippen LogP contribution in [0.1, 0.15) is 69.4 Å². The first kappa shape index (κ1) is 38.7. The lowest BCUT2D eigenvalue weighted by atomic mass is 9.75. The van der Waals surface area contributed by atoms with Gasteiger partial charge >= 0.3 is 5.97 Å². The Kier molecular flexibility index (Phi) is 12.6. The van der Waals surface area contributed by atoms with Crippen molar-refractivity contribution in [3.8, 4) is 11.9 Å². The van der Waals surface area contributed by atoms with Gasteiger partial charge in [-0.2, -0.15) is 15.2 Å². The maximum Gasteiger partial charge on any atom is 0.306 e. The first-order valence-electron chi connectivity index (χ1n) is 18.5. The Morgan fingerprint density at radius 2 is 1.55 bits per heavy atom. The van der Waals surface area contributed by atoms with Gasteiger partial charge in [0.15, 0.2) is 11.2 Å². The van der Waals surface area contributed by atoms with Crippen LogP contribution in [0.4, 0.5) is 5.95 Å². The number of anilines is 1. The average molecular weight is 744 g/mol. The van der Waals surface area contributed by atoms with Gasteiger partial charge in [-0.15, -0.1) is 0 Å². The summed E-state index contributed by atoms with van der Waals surface area (Å²) >= 11 is 0. The van der Waals surface area contributed by atoms with Crippen LogP contribution in [0.25, 0.3) is 11.2 Å². The topological polar surface area (TPSA) is 162 Å². The molecule has 0 bridgehead atoms. The molecule has 3 heterocycles. The zero-order valence-electron chi connectivity index (χ0n) is 31.3. The van der Waals surface area contributed by atoms with Crippen LogP contribution in [0, 0.1) is 17.2 Å². The third kappa shape index (κ3) is 8.72. The van der Waals surface area contributed by atoms with Gasteiger partial charge in [0.2, 0.25) is 17.7 Å². The van der Waals surface area contributed by atoms with Crippen LogP contribution in [0.3, 0.4) is 0 Å². The molecular weight excluding hydrogens is 699 g/mol. The van der Waals surface area contributed by atoms with E-state index in [9.17, 15) is 14.4 Å². The van der Waals surface area contributed by atoms with Crippen LogP contribution in [0.15, 0.2) is 97.3 Å². The molecule has 1 N–H and O–H groups in total. The largest absolute Gasteiger partial charge is 0.475 e. The summed E-state index contributed by atoms with van der Waals surface area (Å²) in [7, 11) is 0. The molecular formula is C42H45N7O6. The number of amides is 1. The Morgan fingerprint density at radius 1 is 0.927 bits per heavy atom. The minimum Gasteiger partial charge on any atom is -0.475 e. The number of aromatic nitrogens is 4. The number of hydrogen-bond donors (Lipinski definition) is 1. The van der Waals surface area contributed by atoms with E-state index in [4.69, 9.17) is 24.5 Å². The molecule has 3 aromatic carbocycles. The number of benzene rings is 3. The van der Waals surface area contributed by atoms with Crippen molar-refractivity contribution in [1.82, 2.24) is 24.4 Å². The molecule has 0 unspecified atom stereocenters. The van der Waals surface area contributed by atoms with Gasteiger partial charge in [0, 0.05) is 31.8 Å². The molecule has 1 fully saturated rings. The quantitative estimate of drug-likeness (QED) is 0.0695. The lowest BCUT2D eigenvalue weighted by Crippen LogP contribution is -2.57. The van der Waals surface area contributed by atoms with E-state index < -0.39 is 23.8 Å². The van der Waals surface area contributed by atoms with Crippen molar-refractivity contribution in [3.05, 3.63) is 114 Å². The predicted molar refractivity (Wildman–Crippen MR) is 205 cm³/mol. The van der Waals surface area contributed by atoms with Crippen LogP contribution >= 0.6 is 0 Å². The van der Waals surface area contributed by atoms with Crippen LogP contribution in [-0.2, 0) is 29.4 Å². The van der Waals surface area contributed by atoms with Gasteiger partial charge in [-0.1, -0.05) is 112 Å². The minimum absolute atomic E-state index is 0.00984. The van der Waals surface area contributed by atoms with E-state index in [1.54, 1.807) is 31.7 Å². The molecule has 2 aromatic heterocycles. The minimum atomic E-state index is -0.838. The molecule has 55 heavy (non-hydrogen) atoms. The fourth-order valence-corrected chi connectivity index (χ4v) is 6.80. The zero-order chi connectivity index (χ0) is 38.8. The number of esters is 1. The summed E-state index contributed by atoms with van der Waals surface area (Å²) in [5.74, 6) is -0.978. The van der Waals surface area contributed by atoms with Crippen molar-refractivity contribution < 1.29 is 28.6 Å². The lowest BCUT2D eigenvalue weighted by molar-refractivity contribution is -0.169. The fourth-order valence-electron chi connectivity index (χ4n) is 6.80. The highest BCUT2D eigenvalue weighted by Crippen LogP contribution is 2.45. The summed E-state index contributed by atoms with van der Waals surface area (Å²) in [5, 5.41) is 11.9. The molecule has 1 aliphatic heterocycles.